The molecule has 0 bridgehead atoms. The number of imidazole rings is 1. The van der Waals surface area contributed by atoms with Gasteiger partial charge in [0.05, 0.1) is 41.0 Å². The highest BCUT2D eigenvalue weighted by Gasteiger charge is 2.28. The zero-order valence-electron chi connectivity index (χ0n) is 17.5. The van der Waals surface area contributed by atoms with E-state index in [9.17, 15) is 17.6 Å². The van der Waals surface area contributed by atoms with Crippen LogP contribution >= 0.6 is 0 Å². The van der Waals surface area contributed by atoms with E-state index in [1.54, 1.807) is 12.1 Å². The maximum absolute atomic E-state index is 13.5. The first-order valence-electron chi connectivity index (χ1n) is 9.88. The molecule has 2 aromatic heterocycles. The molecule has 1 N–H and O–H groups in total. The van der Waals surface area contributed by atoms with Gasteiger partial charge in [0.2, 0.25) is 0 Å². The van der Waals surface area contributed by atoms with Crippen LogP contribution in [0.1, 0.15) is 40.8 Å². The van der Waals surface area contributed by atoms with Gasteiger partial charge in [-0.3, -0.25) is 4.79 Å². The molecule has 0 saturated carbocycles. The maximum Gasteiger partial charge on any atom is 0.274 e. The first-order chi connectivity index (χ1) is 14.7. The Kier molecular flexibility index (Phi) is 5.42. The van der Waals surface area contributed by atoms with Crippen molar-refractivity contribution in [2.75, 3.05) is 23.9 Å². The lowest BCUT2D eigenvalue weighted by Crippen LogP contribution is -2.23. The fourth-order valence-electron chi connectivity index (χ4n) is 3.87. The van der Waals surface area contributed by atoms with E-state index in [1.807, 2.05) is 11.6 Å². The Labute approximate surface area is 179 Å². The van der Waals surface area contributed by atoms with Crippen LogP contribution in [-0.4, -0.2) is 47.5 Å². The van der Waals surface area contributed by atoms with Gasteiger partial charge in [0, 0.05) is 19.0 Å². The number of benzene rings is 1. The van der Waals surface area contributed by atoms with Crippen LogP contribution in [0.4, 0.5) is 10.1 Å². The van der Waals surface area contributed by atoms with Gasteiger partial charge in [-0.1, -0.05) is 0 Å². The van der Waals surface area contributed by atoms with Crippen LogP contribution < -0.4 is 10.1 Å². The number of rotatable bonds is 4. The summed E-state index contributed by atoms with van der Waals surface area (Å²) in [5.41, 5.74) is 2.14. The van der Waals surface area contributed by atoms with Crippen molar-refractivity contribution in [2.24, 2.45) is 7.05 Å². The predicted molar refractivity (Wildman–Crippen MR) is 115 cm³/mol. The quantitative estimate of drug-likeness (QED) is 0.661. The number of nitrogens with one attached hydrogen (secondary N) is 1. The molecule has 0 aliphatic carbocycles. The van der Waals surface area contributed by atoms with Gasteiger partial charge in [0.15, 0.2) is 0 Å². The Hall–Kier alpha value is -3.01. The smallest absolute Gasteiger partial charge is 0.274 e. The summed E-state index contributed by atoms with van der Waals surface area (Å²) in [5, 5.41) is 2.77. The first-order valence-corrected chi connectivity index (χ1v) is 11.7. The van der Waals surface area contributed by atoms with Gasteiger partial charge < -0.3 is 14.6 Å². The van der Waals surface area contributed by atoms with E-state index >= 15 is 0 Å². The lowest BCUT2D eigenvalue weighted by Gasteiger charge is -2.21. The molecular formula is C21H23FN4O4S. The summed E-state index contributed by atoms with van der Waals surface area (Å²) in [4.78, 5) is 21.3. The highest BCUT2D eigenvalue weighted by molar-refractivity contribution is 7.91. The van der Waals surface area contributed by atoms with Crippen LogP contribution in [0.5, 0.6) is 5.75 Å². The van der Waals surface area contributed by atoms with Crippen molar-refractivity contribution in [3.63, 3.8) is 0 Å². The summed E-state index contributed by atoms with van der Waals surface area (Å²) < 4.78 is 44.3. The van der Waals surface area contributed by atoms with Gasteiger partial charge >= 0.3 is 0 Å². The second kappa shape index (κ2) is 7.92. The average molecular weight is 447 g/mol. The molecule has 10 heteroatoms. The number of aromatic nitrogens is 3. The normalized spacial score (nSPS) is 16.4. The Bertz CT molecular complexity index is 1270. The molecular weight excluding hydrogens is 423 g/mol. The molecule has 1 aliphatic heterocycles. The number of hydrogen-bond acceptors (Lipinski definition) is 6. The predicted octanol–water partition coefficient (Wildman–Crippen LogP) is 2.97. The highest BCUT2D eigenvalue weighted by Crippen LogP contribution is 2.35. The molecule has 3 aromatic rings. The van der Waals surface area contributed by atoms with Gasteiger partial charge in [-0.25, -0.2) is 22.8 Å². The molecule has 31 heavy (non-hydrogen) atoms. The van der Waals surface area contributed by atoms with E-state index in [4.69, 9.17) is 9.72 Å². The number of anilines is 1. The third-order valence-electron chi connectivity index (χ3n) is 5.66. The van der Waals surface area contributed by atoms with Gasteiger partial charge in [-0.2, -0.15) is 0 Å². The Morgan fingerprint density at radius 1 is 1.23 bits per heavy atom. The van der Waals surface area contributed by atoms with E-state index in [2.05, 4.69) is 10.3 Å². The topological polar surface area (TPSA) is 103 Å². The lowest BCUT2D eigenvalue weighted by atomic mass is 10.0. The van der Waals surface area contributed by atoms with Crippen LogP contribution in [0.15, 0.2) is 24.3 Å². The van der Waals surface area contributed by atoms with Crippen molar-refractivity contribution < 1.29 is 22.3 Å². The Morgan fingerprint density at radius 2 is 1.94 bits per heavy atom. The zero-order chi connectivity index (χ0) is 22.3. The number of carbonyl (C=O) groups is 1. The number of halogens is 1. The van der Waals surface area contributed by atoms with Gasteiger partial charge in [-0.15, -0.1) is 0 Å². The van der Waals surface area contributed by atoms with Crippen molar-refractivity contribution in [3.8, 4) is 5.75 Å². The second-order valence-electron chi connectivity index (χ2n) is 7.71. The monoisotopic (exact) mass is 446 g/mol. The fraction of sp³-hybridized carbons (Fsp3) is 0.381. The van der Waals surface area contributed by atoms with Crippen molar-refractivity contribution in [1.82, 2.24) is 14.5 Å². The number of ether oxygens (including phenoxy) is 1. The molecule has 1 fully saturated rings. The standard InChI is InChI=1S/C21H23FN4O4S/c1-12-14(22)4-5-15(23-12)21(27)25-17-10-18-16(11-19(17)30-3)24-20(26(18)2)13-6-8-31(28,29)9-7-13/h4-5,10-11,13H,6-9H2,1-3H3,(H,25,27). The van der Waals surface area contributed by atoms with E-state index < -0.39 is 21.6 Å². The minimum atomic E-state index is -2.96. The average Bonchev–Trinajstić information content (AvgIpc) is 3.05. The molecule has 4 rings (SSSR count). The highest BCUT2D eigenvalue weighted by atomic mass is 32.2. The maximum atomic E-state index is 13.5. The van der Waals surface area contributed by atoms with Crippen molar-refractivity contribution in [1.29, 1.82) is 0 Å². The van der Waals surface area contributed by atoms with Gasteiger partial charge in [-0.05, 0) is 38.0 Å². The summed E-state index contributed by atoms with van der Waals surface area (Å²) in [6.07, 6.45) is 1.08. The molecule has 1 aliphatic rings. The molecule has 3 heterocycles. The van der Waals surface area contributed by atoms with E-state index in [0.717, 1.165) is 11.3 Å². The van der Waals surface area contributed by atoms with Crippen molar-refractivity contribution in [3.05, 3.63) is 47.3 Å². The molecule has 0 spiro atoms. The van der Waals surface area contributed by atoms with Crippen molar-refractivity contribution >= 4 is 32.5 Å². The third-order valence-corrected chi connectivity index (χ3v) is 7.37. The number of nitrogens with zero attached hydrogens (tertiary/aromatic N) is 3. The van der Waals surface area contributed by atoms with E-state index in [1.165, 1.54) is 26.2 Å². The summed E-state index contributed by atoms with van der Waals surface area (Å²) in [7, 11) is 0.401. The lowest BCUT2D eigenvalue weighted by molar-refractivity contribution is 0.102. The minimum absolute atomic E-state index is 0.0522. The number of amides is 1. The molecule has 164 valence electrons. The molecule has 0 radical (unpaired) electrons. The molecule has 1 saturated heterocycles. The molecule has 1 amide bonds. The van der Waals surface area contributed by atoms with Crippen LogP contribution in [-0.2, 0) is 16.9 Å². The number of hydrogen-bond donors (Lipinski definition) is 1. The Morgan fingerprint density at radius 3 is 2.58 bits per heavy atom. The Balaban J connectivity index is 1.67. The SMILES string of the molecule is COc1cc2nc(C3CCS(=O)(=O)CC3)n(C)c2cc1NC(=O)c1ccc(F)c(C)n1. The first kappa shape index (κ1) is 21.2. The fourth-order valence-corrected chi connectivity index (χ4v) is 5.37. The van der Waals surface area contributed by atoms with Crippen LogP contribution in [0, 0.1) is 12.7 Å². The van der Waals surface area contributed by atoms with Gasteiger partial charge in [0.25, 0.3) is 5.91 Å². The molecule has 0 atom stereocenters. The van der Waals surface area contributed by atoms with E-state index in [0.29, 0.717) is 29.8 Å². The number of fused-ring (bicyclic) bond motifs is 1. The van der Waals surface area contributed by atoms with Crippen LogP contribution in [0.25, 0.3) is 11.0 Å². The summed E-state index contributed by atoms with van der Waals surface area (Å²) in [6.45, 7) is 1.49. The summed E-state index contributed by atoms with van der Waals surface area (Å²) in [6, 6.07) is 6.02. The number of methoxy groups -OCH3 is 1. The molecule has 1 aromatic carbocycles. The largest absolute Gasteiger partial charge is 0.494 e. The van der Waals surface area contributed by atoms with Gasteiger partial charge in [0.1, 0.15) is 32.9 Å². The number of carbonyl (C=O) groups excluding carboxylic acids is 1. The summed E-state index contributed by atoms with van der Waals surface area (Å²) >= 11 is 0. The van der Waals surface area contributed by atoms with Crippen molar-refractivity contribution in [2.45, 2.75) is 25.7 Å². The van der Waals surface area contributed by atoms with Crippen LogP contribution in [0.2, 0.25) is 0 Å². The molecule has 8 nitrogen and oxygen atoms in total. The number of sulfone groups is 1. The molecule has 0 unspecified atom stereocenters. The minimum Gasteiger partial charge on any atom is -0.494 e. The number of pyridine rings is 1. The second-order valence-corrected chi connectivity index (χ2v) is 10.0. The number of aryl methyl sites for hydroxylation is 2. The van der Waals surface area contributed by atoms with Crippen LogP contribution in [0.3, 0.4) is 0 Å². The van der Waals surface area contributed by atoms with E-state index in [-0.39, 0.29) is 28.8 Å². The zero-order valence-corrected chi connectivity index (χ0v) is 18.3. The third kappa shape index (κ3) is 4.12. The summed E-state index contributed by atoms with van der Waals surface area (Å²) in [5.74, 6) is 0.651.